The van der Waals surface area contributed by atoms with Crippen LogP contribution < -0.4 is 5.73 Å². The average molecular weight is 718 g/mol. The molecule has 0 radical (unpaired) electrons. The van der Waals surface area contributed by atoms with Gasteiger partial charge in [-0.2, -0.15) is 0 Å². The second-order valence-corrected chi connectivity index (χ2v) is 14.6. The molecule has 0 aromatic carbocycles. The van der Waals surface area contributed by atoms with Gasteiger partial charge in [0.15, 0.2) is 6.10 Å². The highest BCUT2D eigenvalue weighted by Crippen LogP contribution is 2.43. The van der Waals surface area contributed by atoms with Gasteiger partial charge in [0.25, 0.3) is 0 Å². The molecule has 0 amide bonds. The molecule has 288 valence electrons. The quantitative estimate of drug-likeness (QED) is 0.0186. The molecule has 0 saturated heterocycles. The second-order valence-electron chi connectivity index (χ2n) is 13.1. The van der Waals surface area contributed by atoms with E-state index in [0.717, 1.165) is 51.4 Å². The highest BCUT2D eigenvalue weighted by Gasteiger charge is 2.27. The summed E-state index contributed by atoms with van der Waals surface area (Å²) in [4.78, 5) is 33.3. The zero-order valence-electron chi connectivity index (χ0n) is 31.0. The van der Waals surface area contributed by atoms with Crippen LogP contribution in [0.1, 0.15) is 174 Å². The minimum absolute atomic E-state index is 0.0680. The summed E-state index contributed by atoms with van der Waals surface area (Å²) >= 11 is 0. The summed E-state index contributed by atoms with van der Waals surface area (Å²) in [6.45, 7) is 3.24. The first kappa shape index (κ1) is 47.3. The Kier molecular flexibility index (Phi) is 33.5. The lowest BCUT2D eigenvalue weighted by molar-refractivity contribution is -0.153. The van der Waals surface area contributed by atoms with Crippen molar-refractivity contribution in [3.8, 4) is 0 Å². The van der Waals surface area contributed by atoms with Crippen molar-refractivity contribution >= 4 is 19.8 Å². The average Bonchev–Trinajstić information content (AvgIpc) is 3.07. The van der Waals surface area contributed by atoms with Gasteiger partial charge in [0, 0.05) is 6.42 Å². The number of nitrogens with two attached hydrogens (primary N) is 1. The van der Waals surface area contributed by atoms with Crippen molar-refractivity contribution in [2.75, 3.05) is 19.8 Å². The number of unbranched alkanes of at least 4 members (excludes halogenated alkanes) is 21. The normalized spacial score (nSPS) is 14.3. The third-order valence-corrected chi connectivity index (χ3v) is 9.25. The minimum Gasteiger partial charge on any atom is -0.498 e. The summed E-state index contributed by atoms with van der Waals surface area (Å²) in [5.74, 6) is -1.81. The van der Waals surface area contributed by atoms with Crippen molar-refractivity contribution in [2.24, 2.45) is 5.73 Å². The Morgan fingerprint density at radius 2 is 1.06 bits per heavy atom. The van der Waals surface area contributed by atoms with Gasteiger partial charge in [-0.1, -0.05) is 135 Å². The molecule has 0 aliphatic carbocycles. The summed E-state index contributed by atoms with van der Waals surface area (Å²) in [6, 6.07) is -1.48. The Labute approximate surface area is 298 Å². The molecule has 0 aliphatic heterocycles. The fraction of sp³-hybridized carbons (Fsp3) is 0.842. The van der Waals surface area contributed by atoms with Gasteiger partial charge < -0.3 is 25.2 Å². The number of hydrogen-bond acceptors (Lipinski definition) is 8. The highest BCUT2D eigenvalue weighted by molar-refractivity contribution is 7.47. The van der Waals surface area contributed by atoms with Crippen LogP contribution in [0.3, 0.4) is 0 Å². The number of phosphoric ester groups is 1. The molecule has 11 heteroatoms. The Morgan fingerprint density at radius 1 is 0.633 bits per heavy atom. The first-order valence-corrected chi connectivity index (χ1v) is 20.9. The molecule has 4 N–H and O–H groups in total. The SMILES string of the molecule is CCCCCC/C=C\CCCCCCCC(=O)O[C@H](CO/C=C\CCCCCCCCCCCCCC)COP(=O)(O)OC[C@H](N)C(=O)O. The van der Waals surface area contributed by atoms with Crippen LogP contribution in [0.2, 0.25) is 0 Å². The van der Waals surface area contributed by atoms with E-state index < -0.39 is 45.1 Å². The van der Waals surface area contributed by atoms with Crippen molar-refractivity contribution in [3.05, 3.63) is 24.5 Å². The molecule has 0 heterocycles. The molecule has 3 atom stereocenters. The maximum Gasteiger partial charge on any atom is 0.472 e. The van der Waals surface area contributed by atoms with Crippen LogP contribution in [0.5, 0.6) is 0 Å². The van der Waals surface area contributed by atoms with Crippen molar-refractivity contribution in [1.29, 1.82) is 0 Å². The molecule has 0 aromatic heterocycles. The van der Waals surface area contributed by atoms with Crippen LogP contribution in [-0.2, 0) is 32.7 Å². The minimum atomic E-state index is -4.62. The van der Waals surface area contributed by atoms with E-state index in [-0.39, 0.29) is 13.0 Å². The molecule has 0 fully saturated rings. The fourth-order valence-electron chi connectivity index (χ4n) is 5.21. The van der Waals surface area contributed by atoms with Gasteiger partial charge in [-0.15, -0.1) is 0 Å². The van der Waals surface area contributed by atoms with Crippen LogP contribution >= 0.6 is 7.82 Å². The number of ether oxygens (including phenoxy) is 2. The molecule has 0 aromatic rings. The lowest BCUT2D eigenvalue weighted by Crippen LogP contribution is -2.34. The first-order valence-electron chi connectivity index (χ1n) is 19.4. The Bertz CT molecular complexity index is 883. The summed E-state index contributed by atoms with van der Waals surface area (Å²) in [5.41, 5.74) is 5.33. The van der Waals surface area contributed by atoms with E-state index in [1.54, 1.807) is 6.26 Å². The number of carboxylic acids is 1. The summed E-state index contributed by atoms with van der Waals surface area (Å²) in [7, 11) is -4.62. The highest BCUT2D eigenvalue weighted by atomic mass is 31.2. The lowest BCUT2D eigenvalue weighted by Gasteiger charge is -2.20. The molecular formula is C38H72NO9P. The predicted octanol–water partition coefficient (Wildman–Crippen LogP) is 10.3. The molecule has 1 unspecified atom stereocenters. The zero-order chi connectivity index (χ0) is 36.3. The summed E-state index contributed by atoms with van der Waals surface area (Å²) in [6.07, 6.45) is 36.0. The molecule has 0 spiro atoms. The number of phosphoric acid groups is 1. The van der Waals surface area contributed by atoms with Crippen molar-refractivity contribution in [1.82, 2.24) is 0 Å². The predicted molar refractivity (Wildman–Crippen MR) is 198 cm³/mol. The standard InChI is InChI=1S/C38H72NO9P/c1-3-5-7-9-11-13-15-17-19-21-23-25-27-29-31-45-32-35(33-46-49(43,44)47-34-36(39)38(41)42)48-37(40)30-28-26-24-22-20-18-16-14-12-10-8-6-4-2/h14,16,29,31,35-36H,3-13,15,17-28,30,32-34,39H2,1-2H3,(H,41,42)(H,43,44)/b16-14-,31-29-/t35-,36+/m1/s1. The number of allylic oxidation sites excluding steroid dienone is 3. The smallest absolute Gasteiger partial charge is 0.472 e. The number of carbonyl (C=O) groups is 2. The largest absolute Gasteiger partial charge is 0.498 e. The molecule has 0 aliphatic rings. The van der Waals surface area contributed by atoms with Crippen molar-refractivity contribution in [3.63, 3.8) is 0 Å². The van der Waals surface area contributed by atoms with E-state index in [1.165, 1.54) is 96.3 Å². The van der Waals surface area contributed by atoms with Crippen LogP contribution in [0, 0.1) is 0 Å². The molecule has 0 rings (SSSR count). The molecule has 10 nitrogen and oxygen atoms in total. The third-order valence-electron chi connectivity index (χ3n) is 8.30. The van der Waals surface area contributed by atoms with Gasteiger partial charge in [-0.25, -0.2) is 4.57 Å². The molecule has 0 bridgehead atoms. The Balaban J connectivity index is 4.36. The van der Waals surface area contributed by atoms with Gasteiger partial charge in [-0.3, -0.25) is 18.6 Å². The summed E-state index contributed by atoms with van der Waals surface area (Å²) in [5, 5.41) is 8.86. The van der Waals surface area contributed by atoms with E-state index in [9.17, 15) is 19.0 Å². The van der Waals surface area contributed by atoms with E-state index in [1.807, 2.05) is 6.08 Å². The van der Waals surface area contributed by atoms with E-state index in [0.29, 0.717) is 6.42 Å². The van der Waals surface area contributed by atoms with Gasteiger partial charge in [-0.05, 0) is 51.0 Å². The van der Waals surface area contributed by atoms with Crippen molar-refractivity contribution < 1.29 is 42.7 Å². The van der Waals surface area contributed by atoms with E-state index in [4.69, 9.17) is 24.8 Å². The fourth-order valence-corrected chi connectivity index (χ4v) is 5.99. The van der Waals surface area contributed by atoms with Crippen LogP contribution in [0.4, 0.5) is 0 Å². The molecule has 0 saturated carbocycles. The van der Waals surface area contributed by atoms with Crippen LogP contribution in [-0.4, -0.2) is 53.9 Å². The van der Waals surface area contributed by atoms with Crippen LogP contribution in [0.15, 0.2) is 24.5 Å². The maximum atomic E-state index is 12.5. The van der Waals surface area contributed by atoms with E-state index >= 15 is 0 Å². The number of carboxylic acid groups (broad SMARTS) is 1. The number of hydrogen-bond donors (Lipinski definition) is 3. The van der Waals surface area contributed by atoms with Gasteiger partial charge in [0.05, 0.1) is 19.5 Å². The number of carbonyl (C=O) groups excluding carboxylic acids is 1. The van der Waals surface area contributed by atoms with Gasteiger partial charge >= 0.3 is 19.8 Å². The zero-order valence-corrected chi connectivity index (χ0v) is 31.9. The number of aliphatic carboxylic acids is 1. The number of esters is 1. The lowest BCUT2D eigenvalue weighted by atomic mass is 10.0. The first-order chi connectivity index (χ1) is 23.7. The third kappa shape index (κ3) is 34.5. The Hall–Kier alpha value is -1.71. The summed E-state index contributed by atoms with van der Waals surface area (Å²) < 4.78 is 33.0. The monoisotopic (exact) mass is 717 g/mol. The van der Waals surface area contributed by atoms with Crippen molar-refractivity contribution in [2.45, 2.75) is 187 Å². The topological polar surface area (TPSA) is 155 Å². The number of rotatable bonds is 37. The molecular weight excluding hydrogens is 645 g/mol. The maximum absolute atomic E-state index is 12.5. The van der Waals surface area contributed by atoms with E-state index in [2.05, 4.69) is 30.5 Å². The van der Waals surface area contributed by atoms with Gasteiger partial charge in [0.1, 0.15) is 12.6 Å². The van der Waals surface area contributed by atoms with Crippen LogP contribution in [0.25, 0.3) is 0 Å². The Morgan fingerprint density at radius 3 is 1.57 bits per heavy atom. The second kappa shape index (κ2) is 34.7. The molecule has 49 heavy (non-hydrogen) atoms. The van der Waals surface area contributed by atoms with Gasteiger partial charge in [0.2, 0.25) is 0 Å².